The van der Waals surface area contributed by atoms with Gasteiger partial charge in [-0.1, -0.05) is 0 Å². The summed E-state index contributed by atoms with van der Waals surface area (Å²) in [5.41, 5.74) is 0.680. The zero-order valence-electron chi connectivity index (χ0n) is 17.3. The summed E-state index contributed by atoms with van der Waals surface area (Å²) < 4.78 is 12.1. The predicted octanol–water partition coefficient (Wildman–Crippen LogP) is 2.21. The molecule has 158 valence electrons. The molecule has 0 unspecified atom stereocenters. The molecule has 0 aliphatic rings. The van der Waals surface area contributed by atoms with Gasteiger partial charge in [-0.3, -0.25) is 14.3 Å². The minimum atomic E-state index is -0.479. The molecule has 0 aliphatic heterocycles. The minimum absolute atomic E-state index is 0.0334. The lowest BCUT2D eigenvalue weighted by molar-refractivity contribution is -0.0155. The molecule has 3 aromatic rings. The Morgan fingerprint density at radius 1 is 1.17 bits per heavy atom. The van der Waals surface area contributed by atoms with Gasteiger partial charge < -0.3 is 19.7 Å². The molecule has 3 aromatic heterocycles. The molecular weight excluding hydrogens is 388 g/mol. The van der Waals surface area contributed by atoms with Crippen molar-refractivity contribution in [2.45, 2.75) is 39.6 Å². The lowest BCUT2D eigenvalue weighted by Gasteiger charge is -2.21. The van der Waals surface area contributed by atoms with Gasteiger partial charge in [-0.15, -0.1) is 0 Å². The van der Waals surface area contributed by atoms with Crippen molar-refractivity contribution in [2.24, 2.45) is 0 Å². The van der Waals surface area contributed by atoms with Crippen molar-refractivity contribution in [3.05, 3.63) is 58.4 Å². The third-order valence-corrected chi connectivity index (χ3v) is 4.28. The first-order chi connectivity index (χ1) is 14.2. The number of hydrogen-bond donors (Lipinski definition) is 2. The average molecular weight is 412 g/mol. The fourth-order valence-corrected chi connectivity index (χ4v) is 2.87. The first kappa shape index (κ1) is 21.4. The number of aliphatic hydroxyl groups is 1. The Kier molecular flexibility index (Phi) is 6.14. The summed E-state index contributed by atoms with van der Waals surface area (Å²) >= 11 is 0. The molecule has 3 heterocycles. The van der Waals surface area contributed by atoms with Gasteiger partial charge in [-0.05, 0) is 39.0 Å². The van der Waals surface area contributed by atoms with Gasteiger partial charge in [0, 0.05) is 17.3 Å². The third-order valence-electron chi connectivity index (χ3n) is 4.28. The Labute approximate surface area is 173 Å². The van der Waals surface area contributed by atoms with Gasteiger partial charge in [0.1, 0.15) is 11.4 Å². The maximum Gasteiger partial charge on any atom is 0.316 e. The molecule has 0 bridgehead atoms. The van der Waals surface area contributed by atoms with Crippen molar-refractivity contribution in [2.75, 3.05) is 7.11 Å². The van der Waals surface area contributed by atoms with Crippen molar-refractivity contribution in [1.82, 2.24) is 19.5 Å². The van der Waals surface area contributed by atoms with E-state index in [9.17, 15) is 15.0 Å². The number of rotatable bonds is 6. The molecule has 0 saturated heterocycles. The van der Waals surface area contributed by atoms with Crippen molar-refractivity contribution in [3.8, 4) is 28.7 Å². The van der Waals surface area contributed by atoms with Gasteiger partial charge in [0.05, 0.1) is 49.7 Å². The highest BCUT2D eigenvalue weighted by Crippen LogP contribution is 2.30. The second-order valence-electron chi connectivity index (χ2n) is 7.53. The van der Waals surface area contributed by atoms with Gasteiger partial charge in [-0.2, -0.15) is 0 Å². The van der Waals surface area contributed by atoms with Gasteiger partial charge in [0.25, 0.3) is 5.56 Å². The van der Waals surface area contributed by atoms with Crippen molar-refractivity contribution in [3.63, 3.8) is 0 Å². The van der Waals surface area contributed by atoms with Crippen LogP contribution in [0, 0.1) is 0 Å². The van der Waals surface area contributed by atoms with E-state index in [1.165, 1.54) is 36.3 Å². The van der Waals surface area contributed by atoms with Crippen LogP contribution >= 0.6 is 0 Å². The van der Waals surface area contributed by atoms with Gasteiger partial charge in [0.15, 0.2) is 0 Å². The van der Waals surface area contributed by atoms with E-state index in [0.29, 0.717) is 16.8 Å². The number of methoxy groups -OCH3 is 1. The Morgan fingerprint density at radius 3 is 2.43 bits per heavy atom. The normalized spacial score (nSPS) is 11.5. The van der Waals surface area contributed by atoms with Crippen LogP contribution in [-0.4, -0.2) is 42.4 Å². The quantitative estimate of drug-likeness (QED) is 0.632. The number of aromatic nitrogens is 4. The van der Waals surface area contributed by atoms with E-state index in [1.807, 2.05) is 20.8 Å². The van der Waals surface area contributed by atoms with E-state index in [-0.39, 0.29) is 29.8 Å². The highest BCUT2D eigenvalue weighted by atomic mass is 16.5. The van der Waals surface area contributed by atoms with Crippen LogP contribution in [0.25, 0.3) is 16.9 Å². The maximum absolute atomic E-state index is 13.3. The van der Waals surface area contributed by atoms with E-state index in [1.54, 1.807) is 12.1 Å². The molecule has 0 aromatic carbocycles. The molecule has 0 aliphatic carbocycles. The number of hydrogen-bond acceptors (Lipinski definition) is 8. The molecule has 0 spiro atoms. The van der Waals surface area contributed by atoms with Gasteiger partial charge in [-0.25, -0.2) is 9.97 Å². The Balaban J connectivity index is 2.28. The number of pyridine rings is 2. The second kappa shape index (κ2) is 8.60. The number of nitrogens with zero attached hydrogens (tertiary/aromatic N) is 4. The summed E-state index contributed by atoms with van der Waals surface area (Å²) in [6, 6.07) is 4.81. The van der Waals surface area contributed by atoms with Crippen LogP contribution in [0.3, 0.4) is 0 Å². The van der Waals surface area contributed by atoms with E-state index >= 15 is 0 Å². The molecule has 2 N–H and O–H groups in total. The maximum atomic E-state index is 13.3. The molecule has 9 heteroatoms. The number of aromatic hydroxyl groups is 1. The fourth-order valence-electron chi connectivity index (χ4n) is 2.87. The summed E-state index contributed by atoms with van der Waals surface area (Å²) in [7, 11) is 1.44. The summed E-state index contributed by atoms with van der Waals surface area (Å²) in [4.78, 5) is 25.6. The summed E-state index contributed by atoms with van der Waals surface area (Å²) in [6.07, 6.45) is 4.36. The monoisotopic (exact) mass is 412 g/mol. The zero-order chi connectivity index (χ0) is 21.9. The van der Waals surface area contributed by atoms with Crippen LogP contribution < -0.4 is 10.3 Å². The Hall–Kier alpha value is -3.30. The lowest BCUT2D eigenvalue weighted by atomic mass is 10.0. The van der Waals surface area contributed by atoms with Crippen LogP contribution in [0.1, 0.15) is 32.0 Å². The lowest BCUT2D eigenvalue weighted by Crippen LogP contribution is -2.29. The van der Waals surface area contributed by atoms with E-state index in [2.05, 4.69) is 15.0 Å². The molecular formula is C21H24N4O5. The van der Waals surface area contributed by atoms with Gasteiger partial charge >= 0.3 is 6.01 Å². The van der Waals surface area contributed by atoms with E-state index in [0.717, 1.165) is 0 Å². The third kappa shape index (κ3) is 4.47. The SMILES string of the molecule is COc1ncc(-n2c(CO)c(-c3ncccc3O)cc(COC(C)(C)C)c2=O)cn1. The van der Waals surface area contributed by atoms with Crippen LogP contribution in [0.2, 0.25) is 0 Å². The topological polar surface area (TPSA) is 120 Å². The highest BCUT2D eigenvalue weighted by molar-refractivity contribution is 5.69. The highest BCUT2D eigenvalue weighted by Gasteiger charge is 2.21. The van der Waals surface area contributed by atoms with Crippen LogP contribution in [0.5, 0.6) is 11.8 Å². The molecule has 0 saturated carbocycles. The molecule has 30 heavy (non-hydrogen) atoms. The van der Waals surface area contributed by atoms with E-state index < -0.39 is 17.8 Å². The first-order valence-corrected chi connectivity index (χ1v) is 9.28. The Morgan fingerprint density at radius 2 is 1.87 bits per heavy atom. The molecule has 9 nitrogen and oxygen atoms in total. The number of aliphatic hydroxyl groups excluding tert-OH is 1. The molecule has 3 rings (SSSR count). The fraction of sp³-hybridized carbons (Fsp3) is 0.333. The zero-order valence-corrected chi connectivity index (χ0v) is 17.3. The second-order valence-corrected chi connectivity index (χ2v) is 7.53. The molecule has 0 fully saturated rings. The molecule has 0 atom stereocenters. The standard InChI is InChI=1S/C21H24N4O5/c1-21(2,3)30-12-13-8-15(18-17(27)6-5-7-22-18)16(11-26)25(19(13)28)14-9-23-20(29-4)24-10-14/h5-10,26-27H,11-12H2,1-4H3. The van der Waals surface area contributed by atoms with Crippen molar-refractivity contribution in [1.29, 1.82) is 0 Å². The van der Waals surface area contributed by atoms with Crippen LogP contribution in [-0.2, 0) is 18.0 Å². The summed E-state index contributed by atoms with van der Waals surface area (Å²) in [6.45, 7) is 5.21. The van der Waals surface area contributed by atoms with Crippen LogP contribution in [0.4, 0.5) is 0 Å². The molecule has 0 amide bonds. The van der Waals surface area contributed by atoms with Crippen molar-refractivity contribution >= 4 is 0 Å². The van der Waals surface area contributed by atoms with Crippen LogP contribution in [0.15, 0.2) is 41.6 Å². The molecule has 0 radical (unpaired) electrons. The Bertz CT molecular complexity index is 1090. The van der Waals surface area contributed by atoms with Crippen molar-refractivity contribution < 1.29 is 19.7 Å². The largest absolute Gasteiger partial charge is 0.506 e. The summed E-state index contributed by atoms with van der Waals surface area (Å²) in [5, 5.41) is 20.5. The average Bonchev–Trinajstić information content (AvgIpc) is 2.72. The number of ether oxygens (including phenoxy) is 2. The summed E-state index contributed by atoms with van der Waals surface area (Å²) in [5.74, 6) is -0.0777. The van der Waals surface area contributed by atoms with E-state index in [4.69, 9.17) is 9.47 Å². The first-order valence-electron chi connectivity index (χ1n) is 9.28. The van der Waals surface area contributed by atoms with Gasteiger partial charge in [0.2, 0.25) is 0 Å². The smallest absolute Gasteiger partial charge is 0.316 e. The minimum Gasteiger partial charge on any atom is -0.506 e. The predicted molar refractivity (Wildman–Crippen MR) is 110 cm³/mol.